The van der Waals surface area contributed by atoms with Gasteiger partial charge >= 0.3 is 6.18 Å². The molecular formula is C19H17F3N6O3S2. The van der Waals surface area contributed by atoms with Gasteiger partial charge in [-0.2, -0.15) is 18.3 Å². The number of pyridine rings is 1. The van der Waals surface area contributed by atoms with Crippen LogP contribution in [0.4, 0.5) is 18.9 Å². The molecule has 0 bridgehead atoms. The van der Waals surface area contributed by atoms with E-state index in [2.05, 4.69) is 25.4 Å². The van der Waals surface area contributed by atoms with Crippen LogP contribution in [0.1, 0.15) is 12.6 Å². The smallest absolute Gasteiger partial charge is 0.384 e. The third-order valence-electron chi connectivity index (χ3n) is 4.50. The molecule has 33 heavy (non-hydrogen) atoms. The summed E-state index contributed by atoms with van der Waals surface area (Å²) in [6.45, 7) is 1.28. The molecule has 9 nitrogen and oxygen atoms in total. The summed E-state index contributed by atoms with van der Waals surface area (Å²) in [6.07, 6.45) is -1.84. The second-order valence-electron chi connectivity index (χ2n) is 7.00. The van der Waals surface area contributed by atoms with Crippen molar-refractivity contribution in [2.24, 2.45) is 7.05 Å². The number of thiophene rings is 1. The highest BCUT2D eigenvalue weighted by Gasteiger charge is 2.39. The van der Waals surface area contributed by atoms with Gasteiger partial charge in [0.2, 0.25) is 5.91 Å². The predicted molar refractivity (Wildman–Crippen MR) is 117 cm³/mol. The van der Waals surface area contributed by atoms with Gasteiger partial charge in [0.15, 0.2) is 17.2 Å². The quantitative estimate of drug-likeness (QED) is 0.434. The number of rotatable bonds is 6. The van der Waals surface area contributed by atoms with Gasteiger partial charge in [0, 0.05) is 44.4 Å². The molecule has 0 aromatic carbocycles. The summed E-state index contributed by atoms with van der Waals surface area (Å²) in [7, 11) is 1.40. The van der Waals surface area contributed by atoms with Gasteiger partial charge < -0.3 is 10.1 Å². The van der Waals surface area contributed by atoms with Crippen molar-refractivity contribution in [1.29, 1.82) is 0 Å². The highest BCUT2D eigenvalue weighted by molar-refractivity contribution is 7.87. The molecule has 4 aromatic heterocycles. The van der Waals surface area contributed by atoms with Crippen LogP contribution in [0.15, 0.2) is 22.7 Å². The van der Waals surface area contributed by atoms with Crippen molar-refractivity contribution < 1.29 is 26.9 Å². The van der Waals surface area contributed by atoms with Gasteiger partial charge in [-0.05, 0) is 6.07 Å². The van der Waals surface area contributed by atoms with Gasteiger partial charge in [-0.15, -0.1) is 11.3 Å². The first-order chi connectivity index (χ1) is 15.6. The number of hydrogen-bond donors (Lipinski definition) is 1. The zero-order valence-corrected chi connectivity index (χ0v) is 19.2. The molecule has 0 aliphatic heterocycles. The number of carbonyl (C=O) groups is 1. The number of carbonyl (C=O) groups excluding carboxylic acids is 1. The second-order valence-corrected chi connectivity index (χ2v) is 9.77. The molecule has 0 saturated carbocycles. The molecule has 1 N–H and O–H groups in total. The molecule has 0 spiro atoms. The fourth-order valence-electron chi connectivity index (χ4n) is 3.17. The summed E-state index contributed by atoms with van der Waals surface area (Å²) < 4.78 is 61.5. The van der Waals surface area contributed by atoms with E-state index in [4.69, 9.17) is 4.74 Å². The molecule has 14 heteroatoms. The van der Waals surface area contributed by atoms with Gasteiger partial charge in [0.25, 0.3) is 0 Å². The van der Waals surface area contributed by atoms with Gasteiger partial charge in [-0.25, -0.2) is 15.0 Å². The standard InChI is InChI=1S/C19H17F3N6O3S2/c1-9(29)24-13-12-14(19(20,21)22)25-16(10-6-11-8-28(2)27-15(11)23-7-10)26-17(12)32-18(13)33(30)5-4-31-3/h6-8H,4-5H2,1-3H3,(H,24,29). The normalized spacial score (nSPS) is 13.0. The van der Waals surface area contributed by atoms with Crippen molar-refractivity contribution in [3.63, 3.8) is 0 Å². The first kappa shape index (κ1) is 23.2. The third-order valence-corrected chi connectivity index (χ3v) is 7.34. The lowest BCUT2D eigenvalue weighted by atomic mass is 10.2. The minimum absolute atomic E-state index is 0.0408. The van der Waals surface area contributed by atoms with Crippen LogP contribution in [0, 0.1) is 0 Å². The van der Waals surface area contributed by atoms with Crippen LogP contribution in [-0.2, 0) is 33.6 Å². The van der Waals surface area contributed by atoms with Gasteiger partial charge in [-0.3, -0.25) is 13.7 Å². The Bertz CT molecular complexity index is 1400. The first-order valence-electron chi connectivity index (χ1n) is 9.45. The minimum atomic E-state index is -4.86. The molecule has 4 rings (SSSR count). The zero-order chi connectivity index (χ0) is 23.9. The average Bonchev–Trinajstić information content (AvgIpc) is 3.29. The largest absolute Gasteiger partial charge is 0.434 e. The number of ether oxygens (including phenoxy) is 1. The SMILES string of the molecule is COCCS(=O)c1sc2nc(-c3cnc4nn(C)cc4c3)nc(C(F)(F)F)c2c1NC(C)=O. The zero-order valence-electron chi connectivity index (χ0n) is 17.6. The number of nitrogens with one attached hydrogen (secondary N) is 1. The van der Waals surface area contributed by atoms with E-state index < -0.39 is 34.0 Å². The molecule has 1 amide bonds. The number of fused-ring (bicyclic) bond motifs is 2. The Balaban J connectivity index is 1.97. The Kier molecular flexibility index (Phi) is 6.16. The average molecular weight is 499 g/mol. The number of aryl methyl sites for hydroxylation is 1. The Morgan fingerprint density at radius 3 is 2.76 bits per heavy atom. The van der Waals surface area contributed by atoms with Crippen LogP contribution in [0.3, 0.4) is 0 Å². The number of nitrogens with zero attached hydrogens (tertiary/aromatic N) is 5. The van der Waals surface area contributed by atoms with Crippen LogP contribution >= 0.6 is 11.3 Å². The molecule has 0 aliphatic rings. The molecule has 0 aliphatic carbocycles. The van der Waals surface area contributed by atoms with E-state index in [1.165, 1.54) is 18.0 Å². The van der Waals surface area contributed by atoms with E-state index in [1.807, 2.05) is 0 Å². The van der Waals surface area contributed by atoms with E-state index in [9.17, 15) is 22.2 Å². The molecule has 0 fully saturated rings. The van der Waals surface area contributed by atoms with Gasteiger partial charge in [0.1, 0.15) is 9.04 Å². The summed E-state index contributed by atoms with van der Waals surface area (Å²) >= 11 is 0.813. The number of alkyl halides is 3. The minimum Gasteiger partial charge on any atom is -0.384 e. The fourth-order valence-corrected chi connectivity index (χ4v) is 5.78. The Hall–Kier alpha value is -2.97. The number of anilines is 1. The monoisotopic (exact) mass is 498 g/mol. The number of halogens is 3. The lowest BCUT2D eigenvalue weighted by molar-refractivity contribution is -0.139. The molecule has 1 atom stereocenters. The molecule has 0 saturated heterocycles. The van der Waals surface area contributed by atoms with Gasteiger partial charge in [-0.1, -0.05) is 0 Å². The van der Waals surface area contributed by atoms with E-state index in [0.717, 1.165) is 18.3 Å². The first-order valence-corrected chi connectivity index (χ1v) is 11.6. The molecule has 4 heterocycles. The number of methoxy groups -OCH3 is 1. The number of aromatic nitrogens is 5. The van der Waals surface area contributed by atoms with E-state index in [0.29, 0.717) is 11.0 Å². The number of amides is 1. The highest BCUT2D eigenvalue weighted by atomic mass is 32.2. The summed E-state index contributed by atoms with van der Waals surface area (Å²) in [5.41, 5.74) is -0.738. The van der Waals surface area contributed by atoms with Crippen LogP contribution in [0.5, 0.6) is 0 Å². The Morgan fingerprint density at radius 2 is 2.09 bits per heavy atom. The lowest BCUT2D eigenvalue weighted by Gasteiger charge is -2.11. The van der Waals surface area contributed by atoms with Crippen molar-refractivity contribution in [3.8, 4) is 11.4 Å². The van der Waals surface area contributed by atoms with Crippen molar-refractivity contribution in [1.82, 2.24) is 24.7 Å². The molecular weight excluding hydrogens is 481 g/mol. The Morgan fingerprint density at radius 1 is 1.33 bits per heavy atom. The topological polar surface area (TPSA) is 112 Å². The molecule has 174 valence electrons. The molecule has 0 radical (unpaired) electrons. The fraction of sp³-hybridized carbons (Fsp3) is 0.316. The highest BCUT2D eigenvalue weighted by Crippen LogP contribution is 2.44. The number of hydrogen-bond acceptors (Lipinski definition) is 8. The maximum atomic E-state index is 14.1. The van der Waals surface area contributed by atoms with Crippen LogP contribution in [0.2, 0.25) is 0 Å². The summed E-state index contributed by atoms with van der Waals surface area (Å²) in [5.74, 6) is -0.764. The predicted octanol–water partition coefficient (Wildman–Crippen LogP) is 3.37. The summed E-state index contributed by atoms with van der Waals surface area (Å²) in [5, 5.41) is 6.74. The lowest BCUT2D eigenvalue weighted by Crippen LogP contribution is -2.14. The van der Waals surface area contributed by atoms with Crippen molar-refractivity contribution >= 4 is 55.0 Å². The van der Waals surface area contributed by atoms with Crippen molar-refractivity contribution in [3.05, 3.63) is 24.2 Å². The summed E-state index contributed by atoms with van der Waals surface area (Å²) in [6, 6.07) is 1.59. The van der Waals surface area contributed by atoms with E-state index in [1.54, 1.807) is 19.3 Å². The van der Waals surface area contributed by atoms with E-state index >= 15 is 0 Å². The summed E-state index contributed by atoms with van der Waals surface area (Å²) in [4.78, 5) is 24.0. The van der Waals surface area contributed by atoms with Crippen LogP contribution in [0.25, 0.3) is 32.6 Å². The molecule has 1 unspecified atom stereocenters. The van der Waals surface area contributed by atoms with E-state index in [-0.39, 0.29) is 38.5 Å². The second kappa shape index (κ2) is 8.76. The maximum Gasteiger partial charge on any atom is 0.434 e. The van der Waals surface area contributed by atoms with Crippen molar-refractivity contribution in [2.75, 3.05) is 24.8 Å². The third kappa shape index (κ3) is 4.58. The van der Waals surface area contributed by atoms with Crippen molar-refractivity contribution in [2.45, 2.75) is 17.3 Å². The van der Waals surface area contributed by atoms with Crippen LogP contribution in [-0.4, -0.2) is 54.3 Å². The van der Waals surface area contributed by atoms with Crippen LogP contribution < -0.4 is 5.32 Å². The molecule has 4 aromatic rings. The Labute approximate surface area is 191 Å². The van der Waals surface area contributed by atoms with Gasteiger partial charge in [0.05, 0.1) is 34.2 Å². The maximum absolute atomic E-state index is 14.1.